The highest BCUT2D eigenvalue weighted by molar-refractivity contribution is 7.89. The number of amides is 1. The van der Waals surface area contributed by atoms with Gasteiger partial charge in [0.05, 0.1) is 11.4 Å². The van der Waals surface area contributed by atoms with Crippen LogP contribution >= 0.6 is 0 Å². The maximum absolute atomic E-state index is 13.8. The quantitative estimate of drug-likeness (QED) is 0.782. The third-order valence-electron chi connectivity index (χ3n) is 3.68. The van der Waals surface area contributed by atoms with Crippen LogP contribution in [0.1, 0.15) is 12.5 Å². The van der Waals surface area contributed by atoms with Gasteiger partial charge in [0, 0.05) is 20.0 Å². The van der Waals surface area contributed by atoms with Crippen molar-refractivity contribution in [3.63, 3.8) is 0 Å². The summed E-state index contributed by atoms with van der Waals surface area (Å²) >= 11 is 0. The van der Waals surface area contributed by atoms with Gasteiger partial charge in [0.15, 0.2) is 0 Å². The van der Waals surface area contributed by atoms with Crippen molar-refractivity contribution in [3.8, 4) is 0 Å². The SMILES string of the molecule is CC(=O)N(CCNS(=O)(=O)CCc1ccccc1)c1ccccc1F. The molecule has 2 aromatic carbocycles. The second kappa shape index (κ2) is 8.73. The summed E-state index contributed by atoms with van der Waals surface area (Å²) in [5, 5.41) is 0. The Kier molecular flexibility index (Phi) is 6.66. The highest BCUT2D eigenvalue weighted by Crippen LogP contribution is 2.18. The molecule has 25 heavy (non-hydrogen) atoms. The van der Waals surface area contributed by atoms with Crippen LogP contribution in [0.5, 0.6) is 0 Å². The van der Waals surface area contributed by atoms with Crippen LogP contribution in [0.3, 0.4) is 0 Å². The van der Waals surface area contributed by atoms with Crippen molar-refractivity contribution in [2.75, 3.05) is 23.7 Å². The summed E-state index contributed by atoms with van der Waals surface area (Å²) in [4.78, 5) is 13.0. The predicted octanol–water partition coefficient (Wildman–Crippen LogP) is 2.34. The molecule has 0 saturated carbocycles. The van der Waals surface area contributed by atoms with E-state index < -0.39 is 15.8 Å². The van der Waals surface area contributed by atoms with Crippen LogP contribution in [0, 0.1) is 5.82 Å². The summed E-state index contributed by atoms with van der Waals surface area (Å²) in [6, 6.07) is 15.2. The van der Waals surface area contributed by atoms with E-state index in [1.165, 1.54) is 30.0 Å². The molecule has 134 valence electrons. The third-order valence-corrected chi connectivity index (χ3v) is 5.07. The van der Waals surface area contributed by atoms with Gasteiger partial charge in [-0.2, -0.15) is 0 Å². The standard InChI is InChI=1S/C18H21FN2O3S/c1-15(22)21(18-10-6-5-9-17(18)19)13-12-20-25(23,24)14-11-16-7-3-2-4-8-16/h2-10,20H,11-14H2,1H3. The van der Waals surface area contributed by atoms with Crippen LogP contribution in [0.25, 0.3) is 0 Å². The number of carbonyl (C=O) groups excluding carboxylic acids is 1. The first kappa shape index (κ1) is 19.1. The molecular weight excluding hydrogens is 343 g/mol. The predicted molar refractivity (Wildman–Crippen MR) is 96.4 cm³/mol. The van der Waals surface area contributed by atoms with Gasteiger partial charge >= 0.3 is 0 Å². The van der Waals surface area contributed by atoms with E-state index in [-0.39, 0.29) is 30.4 Å². The van der Waals surface area contributed by atoms with Crippen molar-refractivity contribution in [2.24, 2.45) is 0 Å². The van der Waals surface area contributed by atoms with Gasteiger partial charge in [-0.05, 0) is 24.1 Å². The molecule has 0 saturated heterocycles. The number of para-hydroxylation sites is 1. The van der Waals surface area contributed by atoms with Crippen LogP contribution in [-0.4, -0.2) is 33.2 Å². The molecule has 5 nitrogen and oxygen atoms in total. The fourth-order valence-corrected chi connectivity index (χ4v) is 3.45. The van der Waals surface area contributed by atoms with Crippen molar-refractivity contribution in [1.29, 1.82) is 0 Å². The lowest BCUT2D eigenvalue weighted by Crippen LogP contribution is -2.38. The highest BCUT2D eigenvalue weighted by Gasteiger charge is 2.16. The lowest BCUT2D eigenvalue weighted by Gasteiger charge is -2.21. The lowest BCUT2D eigenvalue weighted by molar-refractivity contribution is -0.116. The second-order valence-corrected chi connectivity index (χ2v) is 7.50. The number of nitrogens with zero attached hydrogens (tertiary/aromatic N) is 1. The zero-order chi connectivity index (χ0) is 18.3. The number of rotatable bonds is 8. The molecule has 0 heterocycles. The number of benzene rings is 2. The van der Waals surface area contributed by atoms with Gasteiger partial charge in [0.1, 0.15) is 5.82 Å². The Hall–Kier alpha value is -2.25. The van der Waals surface area contributed by atoms with Gasteiger partial charge in [-0.15, -0.1) is 0 Å². The van der Waals surface area contributed by atoms with Gasteiger partial charge in [0.25, 0.3) is 0 Å². The number of hydrogen-bond acceptors (Lipinski definition) is 3. The first-order valence-corrected chi connectivity index (χ1v) is 9.58. The molecule has 0 aromatic heterocycles. The van der Waals surface area contributed by atoms with E-state index in [0.29, 0.717) is 6.42 Å². The Balaban J connectivity index is 1.90. The monoisotopic (exact) mass is 364 g/mol. The number of halogens is 1. The fourth-order valence-electron chi connectivity index (χ4n) is 2.40. The van der Waals surface area contributed by atoms with Crippen LogP contribution in [0.15, 0.2) is 54.6 Å². The Morgan fingerprint density at radius 3 is 2.36 bits per heavy atom. The van der Waals surface area contributed by atoms with Crippen molar-refractivity contribution in [3.05, 3.63) is 66.0 Å². The molecule has 1 amide bonds. The average molecular weight is 364 g/mol. The molecule has 0 bridgehead atoms. The molecule has 0 aliphatic heterocycles. The number of nitrogens with one attached hydrogen (secondary N) is 1. The summed E-state index contributed by atoms with van der Waals surface area (Å²) in [6.45, 7) is 1.39. The van der Waals surface area contributed by atoms with E-state index in [2.05, 4.69) is 4.72 Å². The maximum atomic E-state index is 13.8. The summed E-state index contributed by atoms with van der Waals surface area (Å²) in [5.41, 5.74) is 1.07. The second-order valence-electron chi connectivity index (χ2n) is 5.57. The number of hydrogen-bond donors (Lipinski definition) is 1. The summed E-state index contributed by atoms with van der Waals surface area (Å²) < 4.78 is 40.4. The van der Waals surface area contributed by atoms with E-state index in [4.69, 9.17) is 0 Å². The Labute approximate surface area is 147 Å². The Morgan fingerprint density at radius 2 is 1.72 bits per heavy atom. The molecule has 0 atom stereocenters. The van der Waals surface area contributed by atoms with Crippen molar-refractivity contribution in [1.82, 2.24) is 4.72 Å². The average Bonchev–Trinajstić information content (AvgIpc) is 2.59. The fraction of sp³-hybridized carbons (Fsp3) is 0.278. The Morgan fingerprint density at radius 1 is 1.08 bits per heavy atom. The van der Waals surface area contributed by atoms with E-state index in [9.17, 15) is 17.6 Å². The molecule has 2 aromatic rings. The number of aryl methyl sites for hydroxylation is 1. The largest absolute Gasteiger partial charge is 0.309 e. The first-order chi connectivity index (χ1) is 11.9. The van der Waals surface area contributed by atoms with Crippen LogP contribution < -0.4 is 9.62 Å². The molecule has 7 heteroatoms. The Bertz CT molecular complexity index is 810. The number of anilines is 1. The number of sulfonamides is 1. The molecule has 0 spiro atoms. The molecule has 0 aliphatic rings. The van der Waals surface area contributed by atoms with Crippen molar-refractivity contribution < 1.29 is 17.6 Å². The summed E-state index contributed by atoms with van der Waals surface area (Å²) in [5.74, 6) is -0.922. The zero-order valence-corrected chi connectivity index (χ0v) is 14.8. The molecule has 0 aliphatic carbocycles. The van der Waals surface area contributed by atoms with Crippen molar-refractivity contribution in [2.45, 2.75) is 13.3 Å². The smallest absolute Gasteiger partial charge is 0.223 e. The normalized spacial score (nSPS) is 11.3. The molecule has 1 N–H and O–H groups in total. The molecular formula is C18H21FN2O3S. The topological polar surface area (TPSA) is 66.5 Å². The summed E-state index contributed by atoms with van der Waals surface area (Å²) in [6.07, 6.45) is 0.403. The summed E-state index contributed by atoms with van der Waals surface area (Å²) in [7, 11) is -3.48. The molecule has 0 fully saturated rings. The molecule has 0 unspecified atom stereocenters. The molecule has 0 radical (unpaired) electrons. The minimum absolute atomic E-state index is 0.0189. The van der Waals surface area contributed by atoms with E-state index in [1.54, 1.807) is 6.07 Å². The van der Waals surface area contributed by atoms with E-state index in [0.717, 1.165) is 5.56 Å². The number of carbonyl (C=O) groups is 1. The highest BCUT2D eigenvalue weighted by atomic mass is 32.2. The van der Waals surface area contributed by atoms with Crippen LogP contribution in [-0.2, 0) is 21.2 Å². The van der Waals surface area contributed by atoms with E-state index in [1.807, 2.05) is 30.3 Å². The lowest BCUT2D eigenvalue weighted by atomic mass is 10.2. The minimum atomic E-state index is -3.48. The first-order valence-electron chi connectivity index (χ1n) is 7.93. The van der Waals surface area contributed by atoms with Gasteiger partial charge in [-0.25, -0.2) is 17.5 Å². The third kappa shape index (κ3) is 5.95. The van der Waals surface area contributed by atoms with Crippen LogP contribution in [0.4, 0.5) is 10.1 Å². The minimum Gasteiger partial charge on any atom is -0.309 e. The van der Waals surface area contributed by atoms with Gasteiger partial charge in [-0.3, -0.25) is 4.79 Å². The maximum Gasteiger partial charge on any atom is 0.223 e. The van der Waals surface area contributed by atoms with E-state index >= 15 is 0 Å². The molecule has 2 rings (SSSR count). The van der Waals surface area contributed by atoms with Gasteiger partial charge in [0.2, 0.25) is 15.9 Å². The van der Waals surface area contributed by atoms with Crippen LogP contribution in [0.2, 0.25) is 0 Å². The zero-order valence-electron chi connectivity index (χ0n) is 14.0. The van der Waals surface area contributed by atoms with Gasteiger partial charge in [-0.1, -0.05) is 42.5 Å². The van der Waals surface area contributed by atoms with Crippen molar-refractivity contribution >= 4 is 21.6 Å². The van der Waals surface area contributed by atoms with Gasteiger partial charge < -0.3 is 4.90 Å².